The van der Waals surface area contributed by atoms with Gasteiger partial charge in [0, 0.05) is 58.9 Å². The number of nitrogens with zero attached hydrogens (tertiary/aromatic N) is 3. The number of hydrogen-bond acceptors (Lipinski definition) is 5. The van der Waals surface area contributed by atoms with Gasteiger partial charge in [0.05, 0.1) is 6.17 Å². The quantitative estimate of drug-likeness (QED) is 0.750. The average Bonchev–Trinajstić information content (AvgIpc) is 2.49. The molecular formula is C14H32ClN5. The van der Waals surface area contributed by atoms with E-state index < -0.39 is 0 Å². The van der Waals surface area contributed by atoms with Crippen LogP contribution in [0.25, 0.3) is 0 Å². The summed E-state index contributed by atoms with van der Waals surface area (Å²) >= 11 is 0. The van der Waals surface area contributed by atoms with Crippen LogP contribution >= 0.6 is 12.4 Å². The van der Waals surface area contributed by atoms with Gasteiger partial charge in [-0.3, -0.25) is 4.90 Å². The van der Waals surface area contributed by atoms with Gasteiger partial charge in [-0.15, -0.1) is 12.4 Å². The van der Waals surface area contributed by atoms with Crippen LogP contribution in [0.3, 0.4) is 0 Å². The molecule has 5 nitrogen and oxygen atoms in total. The molecule has 0 spiro atoms. The molecule has 20 heavy (non-hydrogen) atoms. The van der Waals surface area contributed by atoms with E-state index in [-0.39, 0.29) is 12.4 Å². The number of hydrogen-bond donors (Lipinski definition) is 2. The molecule has 120 valence electrons. The van der Waals surface area contributed by atoms with Gasteiger partial charge in [0.15, 0.2) is 0 Å². The van der Waals surface area contributed by atoms with Gasteiger partial charge in [0.2, 0.25) is 0 Å². The molecule has 0 bridgehead atoms. The van der Waals surface area contributed by atoms with Crippen LogP contribution in [0.15, 0.2) is 0 Å². The van der Waals surface area contributed by atoms with Crippen molar-refractivity contribution in [2.45, 2.75) is 32.9 Å². The van der Waals surface area contributed by atoms with Crippen LogP contribution in [0.5, 0.6) is 0 Å². The Kier molecular flexibility index (Phi) is 9.00. The summed E-state index contributed by atoms with van der Waals surface area (Å²) in [6, 6.07) is 0. The number of piperazine rings is 2. The van der Waals surface area contributed by atoms with E-state index in [9.17, 15) is 0 Å². The number of nitrogens with one attached hydrogen (secondary N) is 2. The van der Waals surface area contributed by atoms with Crippen LogP contribution in [-0.4, -0.2) is 80.0 Å². The Morgan fingerprint density at radius 3 is 2.00 bits per heavy atom. The third-order valence-corrected chi connectivity index (χ3v) is 4.19. The van der Waals surface area contributed by atoms with Crippen LogP contribution in [0.2, 0.25) is 0 Å². The van der Waals surface area contributed by atoms with Crippen molar-refractivity contribution in [1.29, 1.82) is 0 Å². The molecule has 0 aliphatic carbocycles. The minimum atomic E-state index is 0. The zero-order chi connectivity index (χ0) is 13.5. The second kappa shape index (κ2) is 9.92. The van der Waals surface area contributed by atoms with Gasteiger partial charge < -0.3 is 10.6 Å². The number of halogens is 1. The first-order chi connectivity index (χ1) is 9.36. The summed E-state index contributed by atoms with van der Waals surface area (Å²) in [4.78, 5) is 2.66. The van der Waals surface area contributed by atoms with Crippen molar-refractivity contribution >= 4 is 12.4 Å². The fourth-order valence-corrected chi connectivity index (χ4v) is 3.26. The third-order valence-electron chi connectivity index (χ3n) is 4.19. The van der Waals surface area contributed by atoms with E-state index in [1.807, 2.05) is 0 Å². The largest absolute Gasteiger partial charge is 0.314 e. The molecule has 0 aromatic heterocycles. The van der Waals surface area contributed by atoms with Crippen LogP contribution in [0.1, 0.15) is 26.7 Å². The Balaban J connectivity index is 0.00000200. The molecule has 2 aliphatic heterocycles. The van der Waals surface area contributed by atoms with E-state index in [0.29, 0.717) is 6.17 Å². The van der Waals surface area contributed by atoms with Crippen molar-refractivity contribution in [2.75, 3.05) is 58.9 Å². The lowest BCUT2D eigenvalue weighted by Gasteiger charge is -2.47. The zero-order valence-electron chi connectivity index (χ0n) is 13.1. The highest BCUT2D eigenvalue weighted by Gasteiger charge is 2.29. The summed E-state index contributed by atoms with van der Waals surface area (Å²) in [5, 5.41) is 12.1. The standard InChI is InChI=1S/C14H31N5.ClH/c1-3-9-19(18-12-7-16-8-13-18)14(4-2)17-10-5-15-6-11-17;/h14-16H,3-13H2,1-2H3;1H. The van der Waals surface area contributed by atoms with Crippen molar-refractivity contribution in [3.63, 3.8) is 0 Å². The summed E-state index contributed by atoms with van der Waals surface area (Å²) in [5.41, 5.74) is 0. The molecule has 2 saturated heterocycles. The van der Waals surface area contributed by atoms with Crippen LogP contribution in [0.4, 0.5) is 0 Å². The lowest BCUT2D eigenvalue weighted by molar-refractivity contribution is -0.122. The lowest BCUT2D eigenvalue weighted by atomic mass is 10.2. The molecule has 6 heteroatoms. The molecule has 0 radical (unpaired) electrons. The molecule has 0 amide bonds. The van der Waals surface area contributed by atoms with E-state index in [4.69, 9.17) is 0 Å². The van der Waals surface area contributed by atoms with E-state index in [2.05, 4.69) is 39.4 Å². The second-order valence-corrected chi connectivity index (χ2v) is 5.54. The maximum absolute atomic E-state index is 3.46. The predicted molar refractivity (Wildman–Crippen MR) is 87.2 cm³/mol. The Bertz CT molecular complexity index is 242. The van der Waals surface area contributed by atoms with Gasteiger partial charge >= 0.3 is 0 Å². The maximum Gasteiger partial charge on any atom is 0.0758 e. The number of rotatable bonds is 6. The Morgan fingerprint density at radius 2 is 1.50 bits per heavy atom. The molecule has 2 heterocycles. The van der Waals surface area contributed by atoms with Crippen LogP contribution in [0, 0.1) is 0 Å². The number of hydrazine groups is 1. The smallest absolute Gasteiger partial charge is 0.0758 e. The second-order valence-electron chi connectivity index (χ2n) is 5.54. The molecular weight excluding hydrogens is 274 g/mol. The maximum atomic E-state index is 3.46. The highest BCUT2D eigenvalue weighted by atomic mass is 35.5. The molecule has 2 aliphatic rings. The Labute approximate surface area is 130 Å². The third kappa shape index (κ3) is 4.83. The molecule has 0 aromatic carbocycles. The highest BCUT2D eigenvalue weighted by molar-refractivity contribution is 5.85. The molecule has 1 atom stereocenters. The predicted octanol–water partition coefficient (Wildman–Crippen LogP) is 0.582. The first-order valence-electron chi connectivity index (χ1n) is 8.03. The van der Waals surface area contributed by atoms with Crippen molar-refractivity contribution in [3.8, 4) is 0 Å². The van der Waals surface area contributed by atoms with Gasteiger partial charge in [-0.1, -0.05) is 13.8 Å². The molecule has 0 aromatic rings. The molecule has 1 unspecified atom stereocenters. The van der Waals surface area contributed by atoms with Crippen molar-refractivity contribution in [1.82, 2.24) is 25.6 Å². The molecule has 2 fully saturated rings. The van der Waals surface area contributed by atoms with Crippen LogP contribution < -0.4 is 10.6 Å². The lowest BCUT2D eigenvalue weighted by Crippen LogP contribution is -2.62. The average molecular weight is 306 g/mol. The highest BCUT2D eigenvalue weighted by Crippen LogP contribution is 2.15. The first kappa shape index (κ1) is 18.1. The fraction of sp³-hybridized carbons (Fsp3) is 1.00. The summed E-state index contributed by atoms with van der Waals surface area (Å²) in [6.45, 7) is 15.0. The molecule has 2 rings (SSSR count). The van der Waals surface area contributed by atoms with Gasteiger partial charge in [-0.2, -0.15) is 0 Å². The summed E-state index contributed by atoms with van der Waals surface area (Å²) < 4.78 is 0. The van der Waals surface area contributed by atoms with Gasteiger partial charge in [0.25, 0.3) is 0 Å². The van der Waals surface area contributed by atoms with Crippen LogP contribution in [-0.2, 0) is 0 Å². The van der Waals surface area contributed by atoms with Crippen molar-refractivity contribution < 1.29 is 0 Å². The van der Waals surface area contributed by atoms with E-state index in [1.165, 1.54) is 32.5 Å². The summed E-state index contributed by atoms with van der Waals surface area (Å²) in [5.74, 6) is 0. The summed E-state index contributed by atoms with van der Waals surface area (Å²) in [7, 11) is 0. The minimum Gasteiger partial charge on any atom is -0.314 e. The Hall–Kier alpha value is 0.0900. The fourth-order valence-electron chi connectivity index (χ4n) is 3.26. The van der Waals surface area contributed by atoms with Gasteiger partial charge in [0.1, 0.15) is 0 Å². The van der Waals surface area contributed by atoms with Crippen molar-refractivity contribution in [3.05, 3.63) is 0 Å². The summed E-state index contributed by atoms with van der Waals surface area (Å²) in [6.07, 6.45) is 3.02. The normalized spacial score (nSPS) is 23.6. The monoisotopic (exact) mass is 305 g/mol. The van der Waals surface area contributed by atoms with Gasteiger partial charge in [-0.25, -0.2) is 10.0 Å². The molecule has 0 saturated carbocycles. The first-order valence-corrected chi connectivity index (χ1v) is 8.03. The van der Waals surface area contributed by atoms with E-state index >= 15 is 0 Å². The molecule has 2 N–H and O–H groups in total. The zero-order valence-corrected chi connectivity index (χ0v) is 13.9. The van der Waals surface area contributed by atoms with Gasteiger partial charge in [-0.05, 0) is 12.8 Å². The van der Waals surface area contributed by atoms with E-state index in [0.717, 1.165) is 39.3 Å². The topological polar surface area (TPSA) is 33.8 Å². The SMILES string of the molecule is CCCN(C(CC)N1CCNCC1)N1CCNCC1.Cl. The Morgan fingerprint density at radius 1 is 0.950 bits per heavy atom. The van der Waals surface area contributed by atoms with E-state index in [1.54, 1.807) is 0 Å². The van der Waals surface area contributed by atoms with Crippen molar-refractivity contribution in [2.24, 2.45) is 0 Å². The minimum absolute atomic E-state index is 0.